The van der Waals surface area contributed by atoms with E-state index in [-0.39, 0.29) is 11.7 Å². The summed E-state index contributed by atoms with van der Waals surface area (Å²) in [6.45, 7) is 1.81. The molecule has 2 aromatic rings. The second-order valence-corrected chi connectivity index (χ2v) is 6.36. The number of hydrogen-bond acceptors (Lipinski definition) is 7. The molecule has 1 spiro atoms. The Bertz CT molecular complexity index is 825. The van der Waals surface area contributed by atoms with Crippen LogP contribution in [0.4, 0.5) is 11.4 Å². The molecule has 9 nitrogen and oxygen atoms in total. The number of likely N-dealkylation sites (tertiary alicyclic amines) is 1. The van der Waals surface area contributed by atoms with Crippen molar-refractivity contribution in [3.8, 4) is 0 Å². The molecule has 4 N–H and O–H groups in total. The van der Waals surface area contributed by atoms with Gasteiger partial charge < -0.3 is 20.9 Å². The van der Waals surface area contributed by atoms with Crippen LogP contribution in [-0.2, 0) is 11.3 Å². The first-order chi connectivity index (χ1) is 12.1. The molecule has 9 heteroatoms. The molecule has 1 fully saturated rings. The van der Waals surface area contributed by atoms with Gasteiger partial charge in [0, 0.05) is 13.1 Å². The van der Waals surface area contributed by atoms with Crippen LogP contribution in [0.25, 0.3) is 0 Å². The number of nitrogens with zero attached hydrogens (tertiary/aromatic N) is 3. The van der Waals surface area contributed by atoms with Crippen molar-refractivity contribution in [3.05, 3.63) is 36.0 Å². The fourth-order valence-corrected chi connectivity index (χ4v) is 3.31. The molecule has 2 amide bonds. The largest absolute Gasteiger partial charge is 0.369 e. The van der Waals surface area contributed by atoms with E-state index in [4.69, 9.17) is 10.3 Å². The maximum atomic E-state index is 12.6. The molecule has 0 bridgehead atoms. The van der Waals surface area contributed by atoms with Gasteiger partial charge in [0.15, 0.2) is 0 Å². The van der Waals surface area contributed by atoms with Crippen molar-refractivity contribution in [2.75, 3.05) is 23.7 Å². The van der Waals surface area contributed by atoms with E-state index in [1.54, 1.807) is 0 Å². The molecule has 0 unspecified atom stereocenters. The lowest BCUT2D eigenvalue weighted by Gasteiger charge is -2.44. The minimum absolute atomic E-state index is 0.000319. The van der Waals surface area contributed by atoms with Crippen LogP contribution in [0.3, 0.4) is 0 Å². The van der Waals surface area contributed by atoms with E-state index in [2.05, 4.69) is 25.7 Å². The number of rotatable bonds is 3. The number of carbonyl (C=O) groups is 2. The molecule has 0 saturated carbocycles. The molecule has 1 saturated heterocycles. The monoisotopic (exact) mass is 342 g/mol. The Morgan fingerprint density at radius 3 is 2.68 bits per heavy atom. The number of nitrogens with one attached hydrogen (secondary N) is 2. The number of amides is 2. The Morgan fingerprint density at radius 1 is 1.28 bits per heavy atom. The zero-order valence-electron chi connectivity index (χ0n) is 13.5. The van der Waals surface area contributed by atoms with E-state index >= 15 is 0 Å². The van der Waals surface area contributed by atoms with Gasteiger partial charge in [-0.1, -0.05) is 17.3 Å². The number of carbonyl (C=O) groups excluding carboxylic acids is 2. The normalized spacial score (nSPS) is 19.1. The number of nitrogens with two attached hydrogens (primary N) is 1. The van der Waals surface area contributed by atoms with Crippen LogP contribution in [0.2, 0.25) is 0 Å². The zero-order valence-corrected chi connectivity index (χ0v) is 13.5. The van der Waals surface area contributed by atoms with Gasteiger partial charge in [-0.3, -0.25) is 14.5 Å². The summed E-state index contributed by atoms with van der Waals surface area (Å²) in [5.41, 5.74) is 6.27. The Balaban J connectivity index is 1.42. The molecular weight excluding hydrogens is 324 g/mol. The number of piperidine rings is 1. The highest BCUT2D eigenvalue weighted by Crippen LogP contribution is 2.36. The van der Waals surface area contributed by atoms with Crippen molar-refractivity contribution in [1.82, 2.24) is 15.0 Å². The third-order valence-corrected chi connectivity index (χ3v) is 4.74. The number of primary amides is 1. The lowest BCUT2D eigenvalue weighted by Crippen LogP contribution is -2.58. The maximum absolute atomic E-state index is 12.6. The SMILES string of the molecule is NC(=O)c1noc(CN2CCC3(CC2)Nc2ccccc2NC3=O)n1. The van der Waals surface area contributed by atoms with Gasteiger partial charge in [-0.2, -0.15) is 4.98 Å². The number of aromatic nitrogens is 2. The van der Waals surface area contributed by atoms with Crippen LogP contribution >= 0.6 is 0 Å². The van der Waals surface area contributed by atoms with E-state index < -0.39 is 11.4 Å². The molecule has 2 aliphatic heterocycles. The van der Waals surface area contributed by atoms with Gasteiger partial charge >= 0.3 is 0 Å². The van der Waals surface area contributed by atoms with Gasteiger partial charge in [0.25, 0.3) is 11.7 Å². The minimum atomic E-state index is -0.714. The van der Waals surface area contributed by atoms with Crippen LogP contribution in [0.5, 0.6) is 0 Å². The fourth-order valence-electron chi connectivity index (χ4n) is 3.31. The van der Waals surface area contributed by atoms with Gasteiger partial charge in [0.05, 0.1) is 17.9 Å². The topological polar surface area (TPSA) is 126 Å². The maximum Gasteiger partial charge on any atom is 0.290 e. The summed E-state index contributed by atoms with van der Waals surface area (Å²) in [7, 11) is 0. The Hall–Kier alpha value is -2.94. The quantitative estimate of drug-likeness (QED) is 0.744. The molecule has 25 heavy (non-hydrogen) atoms. The van der Waals surface area contributed by atoms with E-state index in [0.29, 0.717) is 38.4 Å². The second-order valence-electron chi connectivity index (χ2n) is 6.36. The third kappa shape index (κ3) is 2.82. The van der Waals surface area contributed by atoms with Crippen molar-refractivity contribution in [3.63, 3.8) is 0 Å². The Labute approximate surface area is 143 Å². The number of benzene rings is 1. The lowest BCUT2D eigenvalue weighted by atomic mass is 9.84. The molecule has 0 aliphatic carbocycles. The standard InChI is InChI=1S/C16H18N6O3/c17-13(23)14-19-12(25-21-14)9-22-7-5-16(6-8-22)15(24)18-10-3-1-2-4-11(10)20-16/h1-4,20H,5-9H2,(H2,17,23)(H,18,24). The van der Waals surface area contributed by atoms with Crippen LogP contribution in [-0.4, -0.2) is 45.5 Å². The number of anilines is 2. The van der Waals surface area contributed by atoms with Crippen molar-refractivity contribution in [2.24, 2.45) is 5.73 Å². The van der Waals surface area contributed by atoms with E-state index in [1.165, 1.54) is 0 Å². The van der Waals surface area contributed by atoms with Crippen molar-refractivity contribution in [2.45, 2.75) is 24.9 Å². The van der Waals surface area contributed by atoms with Crippen LogP contribution < -0.4 is 16.4 Å². The Kier molecular flexibility index (Phi) is 3.65. The first-order valence-electron chi connectivity index (χ1n) is 8.09. The first-order valence-corrected chi connectivity index (χ1v) is 8.09. The molecule has 1 aromatic carbocycles. The summed E-state index contributed by atoms with van der Waals surface area (Å²) in [5, 5.41) is 9.94. The predicted molar refractivity (Wildman–Crippen MR) is 88.8 cm³/mol. The van der Waals surface area contributed by atoms with Crippen LogP contribution in [0.1, 0.15) is 29.4 Å². The van der Waals surface area contributed by atoms with E-state index in [9.17, 15) is 9.59 Å². The number of hydrogen-bond donors (Lipinski definition) is 3. The summed E-state index contributed by atoms with van der Waals surface area (Å²) in [6.07, 6.45) is 1.31. The van der Waals surface area contributed by atoms with Crippen LogP contribution in [0.15, 0.2) is 28.8 Å². The van der Waals surface area contributed by atoms with Crippen molar-refractivity contribution >= 4 is 23.2 Å². The summed E-state index contributed by atoms with van der Waals surface area (Å²) < 4.78 is 5.03. The smallest absolute Gasteiger partial charge is 0.290 e. The fraction of sp³-hybridized carbons (Fsp3) is 0.375. The average Bonchev–Trinajstić information content (AvgIpc) is 3.07. The molecule has 3 heterocycles. The van der Waals surface area contributed by atoms with E-state index in [0.717, 1.165) is 11.4 Å². The van der Waals surface area contributed by atoms with Gasteiger partial charge in [0.2, 0.25) is 11.8 Å². The molecule has 0 atom stereocenters. The highest BCUT2D eigenvalue weighted by atomic mass is 16.5. The van der Waals surface area contributed by atoms with Gasteiger partial charge in [-0.25, -0.2) is 0 Å². The summed E-state index contributed by atoms with van der Waals surface area (Å²) in [5.74, 6) is -0.487. The summed E-state index contributed by atoms with van der Waals surface area (Å²) in [6, 6.07) is 7.69. The van der Waals surface area contributed by atoms with Crippen molar-refractivity contribution in [1.29, 1.82) is 0 Å². The highest BCUT2D eigenvalue weighted by molar-refractivity contribution is 6.06. The van der Waals surface area contributed by atoms with Crippen molar-refractivity contribution < 1.29 is 14.1 Å². The Morgan fingerprint density at radius 2 is 2.00 bits per heavy atom. The lowest BCUT2D eigenvalue weighted by molar-refractivity contribution is -0.122. The van der Waals surface area contributed by atoms with Gasteiger partial charge in [0.1, 0.15) is 5.54 Å². The molecule has 1 aromatic heterocycles. The van der Waals surface area contributed by atoms with Gasteiger partial charge in [-0.15, -0.1) is 0 Å². The predicted octanol–water partition coefficient (Wildman–Crippen LogP) is 0.567. The summed E-state index contributed by atoms with van der Waals surface area (Å²) >= 11 is 0. The number of para-hydroxylation sites is 2. The molecule has 0 radical (unpaired) electrons. The molecule has 4 rings (SSSR count). The van der Waals surface area contributed by atoms with Crippen LogP contribution in [0, 0.1) is 0 Å². The summed E-state index contributed by atoms with van der Waals surface area (Å²) in [4.78, 5) is 29.7. The molecule has 2 aliphatic rings. The van der Waals surface area contributed by atoms with E-state index in [1.807, 2.05) is 24.3 Å². The second kappa shape index (κ2) is 5.85. The first kappa shape index (κ1) is 15.6. The highest BCUT2D eigenvalue weighted by Gasteiger charge is 2.44. The number of fused-ring (bicyclic) bond motifs is 1. The molecular formula is C16H18N6O3. The minimum Gasteiger partial charge on any atom is -0.369 e. The third-order valence-electron chi connectivity index (χ3n) is 4.74. The van der Waals surface area contributed by atoms with Gasteiger partial charge in [-0.05, 0) is 25.0 Å². The average molecular weight is 342 g/mol. The zero-order chi connectivity index (χ0) is 17.4. The molecule has 130 valence electrons.